The predicted octanol–water partition coefficient (Wildman–Crippen LogP) is -0.00530. The summed E-state index contributed by atoms with van der Waals surface area (Å²) < 4.78 is 49.2. The molecule has 4 N–H and O–H groups in total. The molecule has 1 rings (SSSR count). The van der Waals surface area contributed by atoms with Gasteiger partial charge in [-0.25, -0.2) is 26.7 Å². The summed E-state index contributed by atoms with van der Waals surface area (Å²) in [6.45, 7) is -0.927. The summed E-state index contributed by atoms with van der Waals surface area (Å²) in [5.74, 6) is -2.18. The molecule has 0 radical (unpaired) electrons. The molecule has 0 saturated heterocycles. The summed E-state index contributed by atoms with van der Waals surface area (Å²) >= 11 is 0. The van der Waals surface area contributed by atoms with Crippen LogP contribution in [0.5, 0.6) is 5.75 Å². The normalized spacial score (nSPS) is 13.4. The fourth-order valence-corrected chi connectivity index (χ4v) is 2.30. The molecule has 0 aliphatic rings. The highest BCUT2D eigenvalue weighted by atomic mass is 32.2. The van der Waals surface area contributed by atoms with Gasteiger partial charge in [-0.05, 0) is 18.2 Å². The molecule has 20 heavy (non-hydrogen) atoms. The zero-order valence-electron chi connectivity index (χ0n) is 9.82. The van der Waals surface area contributed by atoms with Crippen molar-refractivity contribution in [3.8, 4) is 5.75 Å². The topological polar surface area (TPSA) is 124 Å². The SMILES string of the molecule is O=C(O)c1cc(S(=O)(=O)NCC(O)C(F)F)ccc1O. The second-order valence-electron chi connectivity index (χ2n) is 3.74. The van der Waals surface area contributed by atoms with E-state index < -0.39 is 51.3 Å². The van der Waals surface area contributed by atoms with E-state index in [1.807, 2.05) is 0 Å². The third-order valence-electron chi connectivity index (χ3n) is 2.28. The van der Waals surface area contributed by atoms with Crippen LogP contribution in [0.15, 0.2) is 23.1 Å². The standard InChI is InChI=1S/C10H11F2NO6S/c11-9(12)8(15)4-13-20(18,19)5-1-2-7(14)6(3-5)10(16)17/h1-3,8-9,13-15H,4H2,(H,16,17). The highest BCUT2D eigenvalue weighted by molar-refractivity contribution is 7.89. The maximum absolute atomic E-state index is 12.0. The molecule has 1 aromatic rings. The van der Waals surface area contributed by atoms with Crippen LogP contribution in [0.3, 0.4) is 0 Å². The molecule has 1 atom stereocenters. The van der Waals surface area contributed by atoms with Crippen molar-refractivity contribution in [2.45, 2.75) is 17.4 Å². The van der Waals surface area contributed by atoms with E-state index in [0.29, 0.717) is 6.07 Å². The fourth-order valence-electron chi connectivity index (χ4n) is 1.22. The summed E-state index contributed by atoms with van der Waals surface area (Å²) in [5, 5.41) is 26.8. The Labute approximate surface area is 112 Å². The first-order chi connectivity index (χ1) is 9.15. The van der Waals surface area contributed by atoms with E-state index >= 15 is 0 Å². The van der Waals surface area contributed by atoms with Gasteiger partial charge in [0.15, 0.2) is 0 Å². The van der Waals surface area contributed by atoms with Gasteiger partial charge in [0.05, 0.1) is 4.90 Å². The van der Waals surface area contributed by atoms with Gasteiger partial charge >= 0.3 is 5.97 Å². The van der Waals surface area contributed by atoms with Gasteiger partial charge < -0.3 is 15.3 Å². The van der Waals surface area contributed by atoms with Crippen molar-refractivity contribution in [1.82, 2.24) is 4.72 Å². The van der Waals surface area contributed by atoms with Crippen molar-refractivity contribution >= 4 is 16.0 Å². The van der Waals surface area contributed by atoms with Crippen molar-refractivity contribution in [2.75, 3.05) is 6.54 Å². The second-order valence-corrected chi connectivity index (χ2v) is 5.50. The molecular formula is C10H11F2NO6S. The van der Waals surface area contributed by atoms with Gasteiger partial charge in [0.1, 0.15) is 17.4 Å². The largest absolute Gasteiger partial charge is 0.507 e. The Bertz CT molecular complexity index is 604. The van der Waals surface area contributed by atoms with Crippen LogP contribution in [0.4, 0.5) is 8.78 Å². The maximum atomic E-state index is 12.0. The molecule has 0 aromatic heterocycles. The highest BCUT2D eigenvalue weighted by Crippen LogP contribution is 2.21. The number of aliphatic hydroxyl groups is 1. The number of phenols is 1. The number of benzene rings is 1. The number of rotatable bonds is 6. The van der Waals surface area contributed by atoms with Crippen LogP contribution in [0, 0.1) is 0 Å². The molecule has 0 bridgehead atoms. The molecule has 0 spiro atoms. The number of nitrogens with one attached hydrogen (secondary N) is 1. The molecular weight excluding hydrogens is 300 g/mol. The predicted molar refractivity (Wildman–Crippen MR) is 62.3 cm³/mol. The Kier molecular flexibility index (Phi) is 4.98. The zero-order valence-corrected chi connectivity index (χ0v) is 10.6. The van der Waals surface area contributed by atoms with Crippen molar-refractivity contribution in [2.24, 2.45) is 0 Å². The van der Waals surface area contributed by atoms with Crippen molar-refractivity contribution in [3.63, 3.8) is 0 Å². The van der Waals surface area contributed by atoms with Crippen molar-refractivity contribution in [3.05, 3.63) is 23.8 Å². The van der Waals surface area contributed by atoms with Crippen LogP contribution in [0.1, 0.15) is 10.4 Å². The Hall–Kier alpha value is -1.78. The van der Waals surface area contributed by atoms with Crippen LogP contribution in [-0.2, 0) is 10.0 Å². The minimum absolute atomic E-state index is 0.533. The number of aromatic carboxylic acids is 1. The molecule has 0 amide bonds. The molecule has 0 heterocycles. The number of hydrogen-bond acceptors (Lipinski definition) is 5. The van der Waals surface area contributed by atoms with Gasteiger partial charge in [-0.2, -0.15) is 0 Å². The van der Waals surface area contributed by atoms with Gasteiger partial charge in [0, 0.05) is 6.54 Å². The van der Waals surface area contributed by atoms with E-state index in [-0.39, 0.29) is 0 Å². The first-order valence-electron chi connectivity index (χ1n) is 5.17. The molecule has 1 unspecified atom stereocenters. The van der Waals surface area contributed by atoms with Gasteiger partial charge in [-0.3, -0.25) is 0 Å². The molecule has 0 aliphatic heterocycles. The molecule has 0 aliphatic carbocycles. The number of carboxylic acids is 1. The van der Waals surface area contributed by atoms with E-state index in [1.165, 1.54) is 0 Å². The Morgan fingerprint density at radius 3 is 2.45 bits per heavy atom. The minimum Gasteiger partial charge on any atom is -0.507 e. The van der Waals surface area contributed by atoms with E-state index in [4.69, 9.17) is 10.2 Å². The maximum Gasteiger partial charge on any atom is 0.339 e. The zero-order chi connectivity index (χ0) is 15.5. The molecule has 0 saturated carbocycles. The third kappa shape index (κ3) is 3.85. The lowest BCUT2D eigenvalue weighted by Crippen LogP contribution is -2.35. The summed E-state index contributed by atoms with van der Waals surface area (Å²) in [4.78, 5) is 10.2. The smallest absolute Gasteiger partial charge is 0.339 e. The number of carboxylic acid groups (broad SMARTS) is 1. The lowest BCUT2D eigenvalue weighted by atomic mass is 10.2. The molecule has 10 heteroatoms. The Balaban J connectivity index is 2.99. The van der Waals surface area contributed by atoms with Gasteiger partial charge in [0.25, 0.3) is 6.43 Å². The lowest BCUT2D eigenvalue weighted by Gasteiger charge is -2.11. The van der Waals surface area contributed by atoms with Crippen molar-refractivity contribution < 1.29 is 37.3 Å². The van der Waals surface area contributed by atoms with Crippen molar-refractivity contribution in [1.29, 1.82) is 0 Å². The number of alkyl halides is 2. The lowest BCUT2D eigenvalue weighted by molar-refractivity contribution is -0.000451. The summed E-state index contributed by atoms with van der Waals surface area (Å²) in [6, 6.07) is 2.43. The number of aliphatic hydroxyl groups excluding tert-OH is 1. The first kappa shape index (κ1) is 16.3. The summed E-state index contributed by atoms with van der Waals surface area (Å²) in [6.07, 6.45) is -5.30. The third-order valence-corrected chi connectivity index (χ3v) is 3.70. The van der Waals surface area contributed by atoms with E-state index in [2.05, 4.69) is 0 Å². The average molecular weight is 311 g/mol. The van der Waals surface area contributed by atoms with E-state index in [0.717, 1.165) is 12.1 Å². The van der Waals surface area contributed by atoms with Crippen LogP contribution in [0.2, 0.25) is 0 Å². The average Bonchev–Trinajstić information content (AvgIpc) is 2.35. The highest BCUT2D eigenvalue weighted by Gasteiger charge is 2.22. The van der Waals surface area contributed by atoms with Gasteiger partial charge in [0.2, 0.25) is 10.0 Å². The summed E-state index contributed by atoms with van der Waals surface area (Å²) in [5.41, 5.74) is -0.651. The van der Waals surface area contributed by atoms with Crippen LogP contribution >= 0.6 is 0 Å². The number of halogens is 2. The quantitative estimate of drug-likeness (QED) is 0.586. The number of sulfonamides is 1. The van der Waals surface area contributed by atoms with E-state index in [1.54, 1.807) is 4.72 Å². The Morgan fingerprint density at radius 2 is 1.95 bits per heavy atom. The number of aromatic hydroxyl groups is 1. The molecule has 112 valence electrons. The van der Waals surface area contributed by atoms with Gasteiger partial charge in [-0.15, -0.1) is 0 Å². The first-order valence-corrected chi connectivity index (χ1v) is 6.65. The molecule has 0 fully saturated rings. The fraction of sp³-hybridized carbons (Fsp3) is 0.300. The van der Waals surface area contributed by atoms with Crippen LogP contribution < -0.4 is 4.72 Å². The van der Waals surface area contributed by atoms with Gasteiger partial charge in [-0.1, -0.05) is 0 Å². The second kappa shape index (κ2) is 6.11. The Morgan fingerprint density at radius 1 is 1.35 bits per heavy atom. The minimum atomic E-state index is -4.28. The monoisotopic (exact) mass is 311 g/mol. The van der Waals surface area contributed by atoms with E-state index in [9.17, 15) is 27.1 Å². The number of hydrogen-bond donors (Lipinski definition) is 4. The number of carbonyl (C=O) groups is 1. The molecule has 1 aromatic carbocycles. The molecule has 7 nitrogen and oxygen atoms in total. The summed E-state index contributed by atoms with van der Waals surface area (Å²) in [7, 11) is -4.28. The van der Waals surface area contributed by atoms with Crippen LogP contribution in [0.25, 0.3) is 0 Å². The van der Waals surface area contributed by atoms with Crippen LogP contribution in [-0.4, -0.2) is 48.8 Å².